The molecule has 4 amide bonds. The second-order valence-corrected chi connectivity index (χ2v) is 9.92. The van der Waals surface area contributed by atoms with Gasteiger partial charge >= 0.3 is 6.03 Å². The summed E-state index contributed by atoms with van der Waals surface area (Å²) in [5.41, 5.74) is 0.597. The third-order valence-electron chi connectivity index (χ3n) is 6.51. The summed E-state index contributed by atoms with van der Waals surface area (Å²) in [6.45, 7) is 7.67. The molecule has 1 unspecified atom stereocenters. The standard InChI is InChI=1S/C24H31N5O3/c1-23(2,3)16-9-11-17(12-10-16)24(4)21(31)28(22(32)27-24)15-20(30)26-19-13-14-25-29(19)18-7-5-6-8-18/h9-14,18H,5-8,15H2,1-4H3,(H,26,30)(H,27,32). The summed E-state index contributed by atoms with van der Waals surface area (Å²) in [6.07, 6.45) is 6.01. The minimum atomic E-state index is -1.21. The highest BCUT2D eigenvalue weighted by Crippen LogP contribution is 2.32. The van der Waals surface area contributed by atoms with Crippen molar-refractivity contribution in [1.82, 2.24) is 20.0 Å². The molecule has 2 fully saturated rings. The number of aromatic nitrogens is 2. The van der Waals surface area contributed by atoms with Crippen LogP contribution in [0.4, 0.5) is 10.6 Å². The average Bonchev–Trinajstić information content (AvgIpc) is 3.46. The Morgan fingerprint density at radius 1 is 1.16 bits per heavy atom. The second kappa shape index (κ2) is 8.07. The zero-order valence-electron chi connectivity index (χ0n) is 19.1. The molecule has 2 aromatic rings. The van der Waals surface area contributed by atoms with Gasteiger partial charge in [0.2, 0.25) is 5.91 Å². The molecule has 2 heterocycles. The molecule has 4 rings (SSSR count). The van der Waals surface area contributed by atoms with Crippen molar-refractivity contribution < 1.29 is 14.4 Å². The van der Waals surface area contributed by atoms with E-state index in [0.29, 0.717) is 11.4 Å². The Morgan fingerprint density at radius 3 is 2.44 bits per heavy atom. The Labute approximate surface area is 188 Å². The fourth-order valence-electron chi connectivity index (χ4n) is 4.52. The van der Waals surface area contributed by atoms with Gasteiger partial charge in [0.1, 0.15) is 17.9 Å². The van der Waals surface area contributed by atoms with E-state index in [1.54, 1.807) is 19.2 Å². The monoisotopic (exact) mass is 437 g/mol. The van der Waals surface area contributed by atoms with Gasteiger partial charge in [0.25, 0.3) is 5.91 Å². The molecule has 32 heavy (non-hydrogen) atoms. The molecule has 1 saturated carbocycles. The fourth-order valence-corrected chi connectivity index (χ4v) is 4.52. The molecular weight excluding hydrogens is 406 g/mol. The molecule has 1 aromatic carbocycles. The third kappa shape index (κ3) is 4.01. The number of carbonyl (C=O) groups excluding carboxylic acids is 3. The number of amides is 4. The lowest BCUT2D eigenvalue weighted by Gasteiger charge is -2.24. The van der Waals surface area contributed by atoms with Gasteiger partial charge in [-0.2, -0.15) is 5.10 Å². The number of urea groups is 1. The highest BCUT2D eigenvalue weighted by atomic mass is 16.2. The Balaban J connectivity index is 1.46. The van der Waals surface area contributed by atoms with Gasteiger partial charge in [-0.25, -0.2) is 9.48 Å². The normalized spacial score (nSPS) is 21.8. The van der Waals surface area contributed by atoms with E-state index in [1.807, 2.05) is 28.9 Å². The van der Waals surface area contributed by atoms with Crippen LogP contribution in [0.25, 0.3) is 0 Å². The number of nitrogens with zero attached hydrogens (tertiary/aromatic N) is 3. The van der Waals surface area contributed by atoms with E-state index in [0.717, 1.165) is 36.1 Å². The second-order valence-electron chi connectivity index (χ2n) is 9.92. The maximum absolute atomic E-state index is 13.2. The van der Waals surface area contributed by atoms with Crippen LogP contribution in [-0.4, -0.2) is 39.1 Å². The van der Waals surface area contributed by atoms with E-state index in [-0.39, 0.29) is 18.0 Å². The van der Waals surface area contributed by atoms with Crippen LogP contribution in [0.1, 0.15) is 70.5 Å². The topological polar surface area (TPSA) is 96.3 Å². The minimum absolute atomic E-state index is 0.0164. The summed E-state index contributed by atoms with van der Waals surface area (Å²) in [5.74, 6) is -0.277. The predicted molar refractivity (Wildman–Crippen MR) is 121 cm³/mol. The van der Waals surface area contributed by atoms with Crippen molar-refractivity contribution in [3.63, 3.8) is 0 Å². The molecule has 1 aliphatic heterocycles. The summed E-state index contributed by atoms with van der Waals surface area (Å²) in [7, 11) is 0. The minimum Gasteiger partial charge on any atom is -0.319 e. The molecule has 0 radical (unpaired) electrons. The van der Waals surface area contributed by atoms with E-state index in [9.17, 15) is 14.4 Å². The van der Waals surface area contributed by atoms with Crippen LogP contribution in [-0.2, 0) is 20.5 Å². The number of hydrogen-bond donors (Lipinski definition) is 2. The van der Waals surface area contributed by atoms with Crippen LogP contribution in [0.3, 0.4) is 0 Å². The predicted octanol–water partition coefficient (Wildman–Crippen LogP) is 3.70. The van der Waals surface area contributed by atoms with E-state index in [1.165, 1.54) is 0 Å². The van der Waals surface area contributed by atoms with Crippen LogP contribution in [0.5, 0.6) is 0 Å². The molecular formula is C24H31N5O3. The highest BCUT2D eigenvalue weighted by Gasteiger charge is 2.49. The van der Waals surface area contributed by atoms with Crippen molar-refractivity contribution >= 4 is 23.7 Å². The van der Waals surface area contributed by atoms with Gasteiger partial charge < -0.3 is 10.6 Å². The number of imide groups is 1. The molecule has 8 heteroatoms. The van der Waals surface area contributed by atoms with Gasteiger partial charge in [-0.3, -0.25) is 14.5 Å². The quantitative estimate of drug-likeness (QED) is 0.697. The summed E-state index contributed by atoms with van der Waals surface area (Å²) in [5, 5.41) is 9.92. The summed E-state index contributed by atoms with van der Waals surface area (Å²) >= 11 is 0. The number of anilines is 1. The molecule has 0 bridgehead atoms. The number of carbonyl (C=O) groups is 3. The average molecular weight is 438 g/mol. The lowest BCUT2D eigenvalue weighted by molar-refractivity contribution is -0.133. The Kier molecular flexibility index (Phi) is 5.56. The Morgan fingerprint density at radius 2 is 1.81 bits per heavy atom. The van der Waals surface area contributed by atoms with Crippen molar-refractivity contribution in [2.24, 2.45) is 0 Å². The lowest BCUT2D eigenvalue weighted by atomic mass is 9.84. The van der Waals surface area contributed by atoms with Crippen molar-refractivity contribution in [3.8, 4) is 0 Å². The van der Waals surface area contributed by atoms with E-state index >= 15 is 0 Å². The van der Waals surface area contributed by atoms with Crippen molar-refractivity contribution in [2.75, 3.05) is 11.9 Å². The van der Waals surface area contributed by atoms with Crippen LogP contribution in [0.2, 0.25) is 0 Å². The van der Waals surface area contributed by atoms with Crippen LogP contribution in [0, 0.1) is 0 Å². The van der Waals surface area contributed by atoms with Gasteiger partial charge in [-0.05, 0) is 36.3 Å². The van der Waals surface area contributed by atoms with Gasteiger partial charge in [0, 0.05) is 6.07 Å². The van der Waals surface area contributed by atoms with Gasteiger partial charge in [-0.1, -0.05) is 57.9 Å². The van der Waals surface area contributed by atoms with Crippen LogP contribution >= 0.6 is 0 Å². The first-order valence-electron chi connectivity index (χ1n) is 11.2. The molecule has 2 N–H and O–H groups in total. The number of nitrogens with one attached hydrogen (secondary N) is 2. The van der Waals surface area contributed by atoms with Crippen LogP contribution in [0.15, 0.2) is 36.5 Å². The third-order valence-corrected chi connectivity index (χ3v) is 6.51. The fraction of sp³-hybridized carbons (Fsp3) is 0.500. The number of rotatable bonds is 5. The van der Waals surface area contributed by atoms with Gasteiger partial charge in [-0.15, -0.1) is 0 Å². The molecule has 1 saturated heterocycles. The van der Waals surface area contributed by atoms with Crippen molar-refractivity contribution in [1.29, 1.82) is 0 Å². The van der Waals surface area contributed by atoms with E-state index in [4.69, 9.17) is 0 Å². The smallest absolute Gasteiger partial charge is 0.319 e. The SMILES string of the molecule is CC(C)(C)c1ccc(C2(C)NC(=O)N(CC(=O)Nc3ccnn3C3CCCC3)C2=O)cc1. The largest absolute Gasteiger partial charge is 0.325 e. The molecule has 0 spiro atoms. The maximum Gasteiger partial charge on any atom is 0.325 e. The first kappa shape index (κ1) is 22.0. The maximum atomic E-state index is 13.2. The lowest BCUT2D eigenvalue weighted by Crippen LogP contribution is -2.42. The molecule has 1 aliphatic carbocycles. The summed E-state index contributed by atoms with van der Waals surface area (Å²) in [6, 6.07) is 9.11. The zero-order chi connectivity index (χ0) is 23.1. The van der Waals surface area contributed by atoms with E-state index in [2.05, 4.69) is 36.5 Å². The zero-order valence-corrected chi connectivity index (χ0v) is 19.1. The Bertz CT molecular complexity index is 1030. The van der Waals surface area contributed by atoms with Gasteiger partial charge in [0.05, 0.1) is 12.2 Å². The summed E-state index contributed by atoms with van der Waals surface area (Å²) < 4.78 is 1.83. The summed E-state index contributed by atoms with van der Waals surface area (Å²) in [4.78, 5) is 39.5. The molecule has 2 aliphatic rings. The highest BCUT2D eigenvalue weighted by molar-refractivity contribution is 6.10. The van der Waals surface area contributed by atoms with Gasteiger partial charge in [0.15, 0.2) is 0 Å². The van der Waals surface area contributed by atoms with Crippen molar-refractivity contribution in [2.45, 2.75) is 70.4 Å². The first-order valence-corrected chi connectivity index (χ1v) is 11.2. The molecule has 1 atom stereocenters. The molecule has 8 nitrogen and oxygen atoms in total. The molecule has 170 valence electrons. The van der Waals surface area contributed by atoms with Crippen LogP contribution < -0.4 is 10.6 Å². The Hall–Kier alpha value is -3.16. The first-order chi connectivity index (χ1) is 15.1. The van der Waals surface area contributed by atoms with Crippen molar-refractivity contribution in [3.05, 3.63) is 47.7 Å². The molecule has 1 aromatic heterocycles. The van der Waals surface area contributed by atoms with E-state index < -0.39 is 23.4 Å². The number of hydrogen-bond acceptors (Lipinski definition) is 4. The number of benzene rings is 1.